The Morgan fingerprint density at radius 1 is 1.00 bits per heavy atom. The zero-order valence-corrected chi connectivity index (χ0v) is 11.5. The summed E-state index contributed by atoms with van der Waals surface area (Å²) in [7, 11) is 0. The second-order valence-electron chi connectivity index (χ2n) is 5.41. The molecule has 0 aliphatic carbocycles. The Morgan fingerprint density at radius 3 is 2.00 bits per heavy atom. The fourth-order valence-electron chi connectivity index (χ4n) is 2.74. The monoisotopic (exact) mass is 286 g/mol. The molecule has 0 bridgehead atoms. The highest BCUT2D eigenvalue weighted by Crippen LogP contribution is 2.23. The molecular weight excluding hydrogens is 265 g/mol. The van der Waals surface area contributed by atoms with E-state index in [4.69, 9.17) is 5.73 Å². The lowest BCUT2D eigenvalue weighted by Crippen LogP contribution is -2.39. The molecular formula is C15H21F3N2. The van der Waals surface area contributed by atoms with Gasteiger partial charge in [0.25, 0.3) is 0 Å². The highest BCUT2D eigenvalue weighted by atomic mass is 19.1. The Kier molecular flexibility index (Phi) is 5.43. The molecule has 0 aromatic heterocycles. The maximum absolute atomic E-state index is 13.0. The molecule has 1 heterocycles. The molecule has 112 valence electrons. The third kappa shape index (κ3) is 3.52. The summed E-state index contributed by atoms with van der Waals surface area (Å²) < 4.78 is 38.9. The zero-order chi connectivity index (χ0) is 14.5. The molecule has 1 aromatic carbocycles. The fourth-order valence-corrected chi connectivity index (χ4v) is 2.74. The second kappa shape index (κ2) is 7.09. The number of nitrogens with zero attached hydrogens (tertiary/aromatic N) is 1. The Bertz CT molecular complexity index is 418. The molecule has 1 aliphatic rings. The molecule has 2 N–H and O–H groups in total. The van der Waals surface area contributed by atoms with Gasteiger partial charge in [0.1, 0.15) is 20.0 Å². The summed E-state index contributed by atoms with van der Waals surface area (Å²) in [4.78, 5) is 2.22. The maximum Gasteiger partial charge on any atom is 0.115 e. The third-order valence-corrected chi connectivity index (χ3v) is 3.95. The number of nitrogens with two attached hydrogens (primary N) is 1. The first-order valence-corrected chi connectivity index (χ1v) is 6.97. The number of piperidine rings is 1. The number of halogens is 3. The number of likely N-dealkylation sites (tertiary alicyclic amines) is 1. The van der Waals surface area contributed by atoms with Gasteiger partial charge in [0.2, 0.25) is 0 Å². The molecule has 0 spiro atoms. The first-order valence-electron chi connectivity index (χ1n) is 6.97. The van der Waals surface area contributed by atoms with E-state index in [-0.39, 0.29) is 22.7 Å². The van der Waals surface area contributed by atoms with E-state index in [1.807, 2.05) is 0 Å². The van der Waals surface area contributed by atoms with Crippen molar-refractivity contribution in [3.63, 3.8) is 0 Å². The minimum absolute atomic E-state index is 0.166. The average Bonchev–Trinajstić information content (AvgIpc) is 2.48. The van der Waals surface area contributed by atoms with Gasteiger partial charge in [-0.05, 0) is 48.2 Å². The van der Waals surface area contributed by atoms with Gasteiger partial charge < -0.3 is 5.73 Å². The predicted molar refractivity (Wildman–Crippen MR) is 73.4 cm³/mol. The minimum atomic E-state index is -0.822. The molecule has 0 unspecified atom stereocenters. The van der Waals surface area contributed by atoms with E-state index in [9.17, 15) is 13.2 Å². The van der Waals surface area contributed by atoms with E-state index < -0.39 is 20.0 Å². The van der Waals surface area contributed by atoms with Gasteiger partial charge >= 0.3 is 0 Å². The van der Waals surface area contributed by atoms with Crippen LogP contribution >= 0.6 is 0 Å². The van der Waals surface area contributed by atoms with Crippen molar-refractivity contribution in [3.05, 3.63) is 34.4 Å². The summed E-state index contributed by atoms with van der Waals surface area (Å²) in [5.41, 5.74) is 7.40. The molecule has 0 saturated carbocycles. The van der Waals surface area contributed by atoms with Crippen molar-refractivity contribution in [3.8, 4) is 0 Å². The standard InChI is InChI=1S/C15H21F3N2/c16-7-12-5-11(6-13(8-17)15(12)9-18)10-20-3-1-14(19)2-4-20/h5-6,14H,1-4,7-10,19H2. The molecule has 1 fully saturated rings. The molecule has 2 nitrogen and oxygen atoms in total. The van der Waals surface area contributed by atoms with Crippen LogP contribution in [0.3, 0.4) is 0 Å². The highest BCUT2D eigenvalue weighted by Gasteiger charge is 2.17. The van der Waals surface area contributed by atoms with Crippen molar-refractivity contribution >= 4 is 0 Å². The maximum atomic E-state index is 13.0. The van der Waals surface area contributed by atoms with Crippen LogP contribution in [-0.4, -0.2) is 24.0 Å². The molecule has 0 amide bonds. The number of hydrogen-bond acceptors (Lipinski definition) is 2. The molecule has 2 rings (SSSR count). The molecule has 0 atom stereocenters. The smallest absolute Gasteiger partial charge is 0.115 e. The highest BCUT2D eigenvalue weighted by molar-refractivity contribution is 5.38. The summed E-state index contributed by atoms with van der Waals surface area (Å²) in [5, 5.41) is 0. The van der Waals surface area contributed by atoms with E-state index in [1.54, 1.807) is 12.1 Å². The summed E-state index contributed by atoms with van der Waals surface area (Å²) >= 11 is 0. The first-order chi connectivity index (χ1) is 9.67. The van der Waals surface area contributed by atoms with Gasteiger partial charge in [-0.2, -0.15) is 0 Å². The van der Waals surface area contributed by atoms with Crippen molar-refractivity contribution < 1.29 is 13.2 Å². The van der Waals surface area contributed by atoms with E-state index in [1.165, 1.54) is 0 Å². The molecule has 1 saturated heterocycles. The lowest BCUT2D eigenvalue weighted by atomic mass is 9.98. The van der Waals surface area contributed by atoms with Crippen LogP contribution in [0.1, 0.15) is 35.1 Å². The van der Waals surface area contributed by atoms with Crippen LogP contribution in [0.2, 0.25) is 0 Å². The van der Waals surface area contributed by atoms with Gasteiger partial charge in [0.05, 0.1) is 0 Å². The zero-order valence-electron chi connectivity index (χ0n) is 11.5. The molecule has 1 aromatic rings. The van der Waals surface area contributed by atoms with E-state index in [0.717, 1.165) is 31.5 Å². The lowest BCUT2D eigenvalue weighted by Gasteiger charge is -2.30. The lowest BCUT2D eigenvalue weighted by molar-refractivity contribution is 0.205. The van der Waals surface area contributed by atoms with Gasteiger partial charge in [0, 0.05) is 12.6 Å². The Labute approximate surface area is 117 Å². The first kappa shape index (κ1) is 15.3. The number of alkyl halides is 3. The minimum Gasteiger partial charge on any atom is -0.328 e. The van der Waals surface area contributed by atoms with Crippen LogP contribution in [0.15, 0.2) is 12.1 Å². The van der Waals surface area contributed by atoms with Gasteiger partial charge in [-0.3, -0.25) is 4.90 Å². The van der Waals surface area contributed by atoms with Crippen LogP contribution in [0.5, 0.6) is 0 Å². The number of rotatable bonds is 5. The topological polar surface area (TPSA) is 29.3 Å². The summed E-state index contributed by atoms with van der Waals surface area (Å²) in [6, 6.07) is 3.56. The SMILES string of the molecule is NC1CCN(Cc2cc(CF)c(CF)c(CF)c2)CC1. The van der Waals surface area contributed by atoms with E-state index >= 15 is 0 Å². The predicted octanol–water partition coefficient (Wildman–Crippen LogP) is 3.02. The van der Waals surface area contributed by atoms with Crippen LogP contribution in [0.25, 0.3) is 0 Å². The van der Waals surface area contributed by atoms with Gasteiger partial charge in [0.15, 0.2) is 0 Å². The van der Waals surface area contributed by atoms with Crippen LogP contribution in [0.4, 0.5) is 13.2 Å². The van der Waals surface area contributed by atoms with Crippen LogP contribution < -0.4 is 5.73 Å². The van der Waals surface area contributed by atoms with Gasteiger partial charge in [-0.15, -0.1) is 0 Å². The second-order valence-corrected chi connectivity index (χ2v) is 5.41. The molecule has 0 radical (unpaired) electrons. The number of hydrogen-bond donors (Lipinski definition) is 1. The largest absolute Gasteiger partial charge is 0.328 e. The third-order valence-electron chi connectivity index (χ3n) is 3.95. The summed E-state index contributed by atoms with van der Waals surface area (Å²) in [6.45, 7) is 0.0798. The van der Waals surface area contributed by atoms with Crippen LogP contribution in [0, 0.1) is 0 Å². The summed E-state index contributed by atoms with van der Waals surface area (Å²) in [6.07, 6.45) is 1.88. The quantitative estimate of drug-likeness (QED) is 0.901. The van der Waals surface area contributed by atoms with Gasteiger partial charge in [-0.25, -0.2) is 13.2 Å². The molecule has 5 heteroatoms. The van der Waals surface area contributed by atoms with Crippen molar-refractivity contribution in [2.45, 2.75) is 45.5 Å². The van der Waals surface area contributed by atoms with Crippen molar-refractivity contribution in [1.29, 1.82) is 0 Å². The fraction of sp³-hybridized carbons (Fsp3) is 0.600. The molecule has 20 heavy (non-hydrogen) atoms. The van der Waals surface area contributed by atoms with Crippen molar-refractivity contribution in [2.75, 3.05) is 13.1 Å². The van der Waals surface area contributed by atoms with E-state index in [0.29, 0.717) is 6.54 Å². The number of benzene rings is 1. The van der Waals surface area contributed by atoms with Gasteiger partial charge in [-0.1, -0.05) is 12.1 Å². The Hall–Kier alpha value is -1.07. The van der Waals surface area contributed by atoms with E-state index in [2.05, 4.69) is 4.90 Å². The summed E-state index contributed by atoms with van der Waals surface area (Å²) in [5.74, 6) is 0. The van der Waals surface area contributed by atoms with Crippen molar-refractivity contribution in [2.24, 2.45) is 5.73 Å². The Balaban J connectivity index is 2.15. The Morgan fingerprint density at radius 2 is 1.55 bits per heavy atom. The van der Waals surface area contributed by atoms with Crippen molar-refractivity contribution in [1.82, 2.24) is 4.90 Å². The average molecular weight is 286 g/mol. The normalized spacial score (nSPS) is 17.6. The molecule has 1 aliphatic heterocycles. The van der Waals surface area contributed by atoms with Crippen LogP contribution in [-0.2, 0) is 26.6 Å².